The first-order chi connectivity index (χ1) is 5.83. The summed E-state index contributed by atoms with van der Waals surface area (Å²) in [6.45, 7) is -0.379. The van der Waals surface area contributed by atoms with Crippen LogP contribution in [0.5, 0.6) is 0 Å². The fraction of sp³-hybridized carbons (Fsp3) is 0.222. The first-order valence-corrected chi connectivity index (χ1v) is 4.57. The molecule has 1 aromatic carbocycles. The van der Waals surface area contributed by atoms with Gasteiger partial charge in [0.25, 0.3) is 5.01 Å². The maximum absolute atomic E-state index is 12.4. The molecule has 0 fully saturated rings. The Morgan fingerprint density at radius 1 is 1.38 bits per heavy atom. The molecule has 0 saturated carbocycles. The van der Waals surface area contributed by atoms with E-state index in [1.807, 2.05) is 35.9 Å². The molecule has 2 rings (SSSR count). The second kappa shape index (κ2) is 4.03. The van der Waals surface area contributed by atoms with Gasteiger partial charge in [0.2, 0.25) is 5.52 Å². The van der Waals surface area contributed by atoms with Crippen molar-refractivity contribution in [3.63, 3.8) is 0 Å². The maximum Gasteiger partial charge on any atom is 0.269 e. The van der Waals surface area contributed by atoms with Crippen molar-refractivity contribution in [2.45, 2.75) is 6.67 Å². The van der Waals surface area contributed by atoms with E-state index in [0.29, 0.717) is 0 Å². The average Bonchev–Trinajstić information content (AvgIpc) is 2.44. The second-order valence-electron chi connectivity index (χ2n) is 2.66. The van der Waals surface area contributed by atoms with Crippen LogP contribution < -0.4 is 17.0 Å². The summed E-state index contributed by atoms with van der Waals surface area (Å²) in [6.07, 6.45) is 0. The Hall–Kier alpha value is -0.670. The molecule has 1 heterocycles. The van der Waals surface area contributed by atoms with Crippen molar-refractivity contribution >= 4 is 21.6 Å². The highest BCUT2D eigenvalue weighted by Gasteiger charge is 2.14. The van der Waals surface area contributed by atoms with Gasteiger partial charge in [0.1, 0.15) is 11.7 Å². The smallest absolute Gasteiger partial charge is 0.269 e. The third-order valence-corrected chi connectivity index (χ3v) is 3.13. The molecule has 0 spiro atoms. The molecule has 0 bridgehead atoms. The number of hydrogen-bond acceptors (Lipinski definition) is 1. The summed E-state index contributed by atoms with van der Waals surface area (Å²) in [5.74, 6) is 0. The monoisotopic (exact) mass is 217 g/mol. The van der Waals surface area contributed by atoms with Crippen molar-refractivity contribution in [2.24, 2.45) is 7.05 Å². The Balaban J connectivity index is 0.000000845. The summed E-state index contributed by atoms with van der Waals surface area (Å²) in [6, 6.07) is 7.96. The Labute approximate surface area is 86.2 Å². The zero-order chi connectivity index (χ0) is 8.55. The van der Waals surface area contributed by atoms with Crippen LogP contribution in [0.15, 0.2) is 24.3 Å². The molecule has 0 aliphatic heterocycles. The molecule has 0 saturated heterocycles. The van der Waals surface area contributed by atoms with Gasteiger partial charge in [-0.2, -0.15) is 4.57 Å². The Bertz CT molecular complexity index is 413. The van der Waals surface area contributed by atoms with Crippen LogP contribution in [0.25, 0.3) is 10.2 Å². The van der Waals surface area contributed by atoms with Gasteiger partial charge in [-0.25, -0.2) is 4.39 Å². The van der Waals surface area contributed by atoms with E-state index < -0.39 is 0 Å². The zero-order valence-electron chi connectivity index (χ0n) is 7.13. The topological polar surface area (TPSA) is 3.88 Å². The molecule has 0 N–H and O–H groups in total. The van der Waals surface area contributed by atoms with Crippen LogP contribution in [0.4, 0.5) is 4.39 Å². The third kappa shape index (κ3) is 1.67. The number of aromatic nitrogens is 1. The number of benzene rings is 1. The molecule has 70 valence electrons. The molecular weight excluding hydrogens is 209 g/mol. The van der Waals surface area contributed by atoms with Gasteiger partial charge in [-0.1, -0.05) is 23.5 Å². The molecule has 13 heavy (non-hydrogen) atoms. The largest absolute Gasteiger partial charge is 1.00 e. The van der Waals surface area contributed by atoms with Crippen LogP contribution in [-0.2, 0) is 13.7 Å². The van der Waals surface area contributed by atoms with Gasteiger partial charge >= 0.3 is 0 Å². The van der Waals surface area contributed by atoms with Gasteiger partial charge in [0.15, 0.2) is 6.67 Å². The predicted octanol–water partition coefficient (Wildman–Crippen LogP) is -0.801. The van der Waals surface area contributed by atoms with Gasteiger partial charge in [-0.15, -0.1) is 0 Å². The SMILES string of the molecule is C[n+]1c(CF)sc2ccccc21.[Cl-]. The van der Waals surface area contributed by atoms with Crippen LogP contribution in [0.3, 0.4) is 0 Å². The van der Waals surface area contributed by atoms with E-state index in [1.165, 1.54) is 11.3 Å². The average molecular weight is 218 g/mol. The zero-order valence-corrected chi connectivity index (χ0v) is 8.70. The molecule has 4 heteroatoms. The van der Waals surface area contributed by atoms with E-state index in [1.54, 1.807) is 0 Å². The van der Waals surface area contributed by atoms with Crippen LogP contribution in [0.1, 0.15) is 5.01 Å². The molecule has 1 aromatic heterocycles. The molecule has 0 radical (unpaired) electrons. The highest BCUT2D eigenvalue weighted by molar-refractivity contribution is 7.18. The minimum atomic E-state index is -0.379. The van der Waals surface area contributed by atoms with E-state index in [4.69, 9.17) is 0 Å². The van der Waals surface area contributed by atoms with Gasteiger partial charge in [0.05, 0.1) is 0 Å². The lowest BCUT2D eigenvalue weighted by molar-refractivity contribution is -0.649. The standard InChI is InChI=1S/C9H9FNS.ClH/c1-11-7-4-2-3-5-8(7)12-9(11)6-10;/h2-5H,6H2,1H3;1H/q+1;/p-1. The van der Waals surface area contributed by atoms with Crippen molar-refractivity contribution in [1.82, 2.24) is 0 Å². The summed E-state index contributed by atoms with van der Waals surface area (Å²) >= 11 is 1.51. The number of para-hydroxylation sites is 1. The molecule has 0 amide bonds. The first-order valence-electron chi connectivity index (χ1n) is 3.75. The van der Waals surface area contributed by atoms with Crippen molar-refractivity contribution in [3.05, 3.63) is 29.3 Å². The number of fused-ring (bicyclic) bond motifs is 1. The van der Waals surface area contributed by atoms with Crippen molar-refractivity contribution in [3.8, 4) is 0 Å². The fourth-order valence-electron chi connectivity index (χ4n) is 1.27. The van der Waals surface area contributed by atoms with E-state index in [2.05, 4.69) is 0 Å². The summed E-state index contributed by atoms with van der Waals surface area (Å²) in [7, 11) is 1.90. The molecule has 1 nitrogen and oxygen atoms in total. The molecule has 0 atom stereocenters. The van der Waals surface area contributed by atoms with Crippen molar-refractivity contribution in [1.29, 1.82) is 0 Å². The van der Waals surface area contributed by atoms with E-state index in [-0.39, 0.29) is 19.1 Å². The van der Waals surface area contributed by atoms with Gasteiger partial charge in [-0.05, 0) is 6.07 Å². The molecule has 2 aromatic rings. The number of halogens is 2. The molecule has 0 aliphatic carbocycles. The summed E-state index contributed by atoms with van der Waals surface area (Å²) in [4.78, 5) is 0. The highest BCUT2D eigenvalue weighted by atomic mass is 35.5. The lowest BCUT2D eigenvalue weighted by Gasteiger charge is -1.84. The Morgan fingerprint density at radius 2 is 2.08 bits per heavy atom. The first kappa shape index (κ1) is 10.4. The van der Waals surface area contributed by atoms with Gasteiger partial charge < -0.3 is 12.4 Å². The number of aryl methyl sites for hydroxylation is 1. The highest BCUT2D eigenvalue weighted by Crippen LogP contribution is 2.19. The van der Waals surface area contributed by atoms with Crippen LogP contribution in [0.2, 0.25) is 0 Å². The van der Waals surface area contributed by atoms with Gasteiger partial charge in [-0.3, -0.25) is 0 Å². The Kier molecular flexibility index (Phi) is 3.22. The van der Waals surface area contributed by atoms with Crippen LogP contribution >= 0.6 is 11.3 Å². The number of hydrogen-bond donors (Lipinski definition) is 0. The van der Waals surface area contributed by atoms with Gasteiger partial charge in [0, 0.05) is 6.07 Å². The molecular formula is C9H9ClFNS. The van der Waals surface area contributed by atoms with E-state index in [9.17, 15) is 4.39 Å². The lowest BCUT2D eigenvalue weighted by Crippen LogP contribution is -3.00. The fourth-order valence-corrected chi connectivity index (χ4v) is 2.27. The third-order valence-electron chi connectivity index (χ3n) is 1.94. The minimum Gasteiger partial charge on any atom is -1.00 e. The maximum atomic E-state index is 12.4. The summed E-state index contributed by atoms with van der Waals surface area (Å²) < 4.78 is 15.5. The summed E-state index contributed by atoms with van der Waals surface area (Å²) in [5, 5.41) is 0.774. The minimum absolute atomic E-state index is 0. The second-order valence-corrected chi connectivity index (χ2v) is 3.77. The number of rotatable bonds is 1. The number of thiazole rings is 1. The van der Waals surface area contributed by atoms with E-state index in [0.717, 1.165) is 15.2 Å². The molecule has 0 aliphatic rings. The predicted molar refractivity (Wildman–Crippen MR) is 47.8 cm³/mol. The van der Waals surface area contributed by atoms with E-state index >= 15 is 0 Å². The lowest BCUT2D eigenvalue weighted by atomic mass is 10.3. The number of nitrogens with zero attached hydrogens (tertiary/aromatic N) is 1. The Morgan fingerprint density at radius 3 is 2.69 bits per heavy atom. The van der Waals surface area contributed by atoms with Crippen LogP contribution in [-0.4, -0.2) is 0 Å². The quantitative estimate of drug-likeness (QED) is 0.551. The normalized spacial score (nSPS) is 10.0. The van der Waals surface area contributed by atoms with Crippen molar-refractivity contribution in [2.75, 3.05) is 0 Å². The molecule has 0 unspecified atom stereocenters. The number of alkyl halides is 1. The van der Waals surface area contributed by atoms with Crippen molar-refractivity contribution < 1.29 is 21.4 Å². The van der Waals surface area contributed by atoms with Crippen LogP contribution in [0, 0.1) is 0 Å². The summed E-state index contributed by atoms with van der Waals surface area (Å²) in [5.41, 5.74) is 1.11.